The van der Waals surface area contributed by atoms with Crippen molar-refractivity contribution in [2.75, 3.05) is 31.3 Å². The summed E-state index contributed by atoms with van der Waals surface area (Å²) in [5.74, 6) is -0.757. The summed E-state index contributed by atoms with van der Waals surface area (Å²) in [4.78, 5) is 37.2. The van der Waals surface area contributed by atoms with Crippen molar-refractivity contribution >= 4 is 34.9 Å². The summed E-state index contributed by atoms with van der Waals surface area (Å²) < 4.78 is 29.7. The predicted molar refractivity (Wildman–Crippen MR) is 151 cm³/mol. The van der Waals surface area contributed by atoms with Crippen LogP contribution in [-0.2, 0) is 16.1 Å². The minimum absolute atomic E-state index is 0.0203. The fourth-order valence-electron chi connectivity index (χ4n) is 4.06. The molecule has 4 N–H and O–H groups in total. The molecule has 0 bridgehead atoms. The Kier molecular flexibility index (Phi) is 7.45. The van der Waals surface area contributed by atoms with Crippen molar-refractivity contribution in [2.45, 2.75) is 46.6 Å². The number of hydrogen-bond donors (Lipinski definition) is 4. The van der Waals surface area contributed by atoms with E-state index in [2.05, 4.69) is 31.2 Å². The van der Waals surface area contributed by atoms with Gasteiger partial charge in [0.25, 0.3) is 5.91 Å². The number of rotatable bonds is 11. The van der Waals surface area contributed by atoms with Crippen molar-refractivity contribution in [3.05, 3.63) is 42.4 Å². The number of nitrogens with one attached hydrogen (secondary N) is 4. The van der Waals surface area contributed by atoms with E-state index in [0.29, 0.717) is 36.5 Å². The third kappa shape index (κ3) is 7.33. The van der Waals surface area contributed by atoms with Gasteiger partial charge in [0.05, 0.1) is 31.2 Å². The Balaban J connectivity index is 1.57. The molecule has 2 heterocycles. The van der Waals surface area contributed by atoms with Gasteiger partial charge in [-0.15, -0.1) is 10.2 Å². The minimum Gasteiger partial charge on any atom is -0.494 e. The van der Waals surface area contributed by atoms with Crippen LogP contribution in [0, 0.1) is 11.3 Å². The molecule has 1 fully saturated rings. The average Bonchev–Trinajstić information content (AvgIpc) is 3.65. The molecule has 12 nitrogen and oxygen atoms in total. The van der Waals surface area contributed by atoms with E-state index in [0.717, 1.165) is 18.4 Å². The van der Waals surface area contributed by atoms with E-state index in [9.17, 15) is 14.4 Å². The van der Waals surface area contributed by atoms with Gasteiger partial charge in [-0.1, -0.05) is 32.9 Å². The second-order valence-corrected chi connectivity index (χ2v) is 10.8. The number of aromatic nitrogens is 4. The molecule has 3 amide bonds. The van der Waals surface area contributed by atoms with Crippen molar-refractivity contribution < 1.29 is 23.2 Å². The second-order valence-electron chi connectivity index (χ2n) is 10.8. The fourth-order valence-corrected chi connectivity index (χ4v) is 4.06. The standard InChI is InChI=1S/C28H36N8O4/c1-28(2,3)14-23(37)30-11-12-36-16-18(15-31-36)19-7-6-8-20(25(19)40-5)32-21-13-22(33-26(38)17-9-10-17)34-35-24(21)27(39)29-4/h6-8,13,15-17H,9-12,14H2,1-5H3,(H,29,39)(H,30,37)(H2,32,33,34,38)/i4D3. The van der Waals surface area contributed by atoms with Crippen LogP contribution >= 0.6 is 0 Å². The van der Waals surface area contributed by atoms with Crippen molar-refractivity contribution in [3.63, 3.8) is 0 Å². The highest BCUT2D eigenvalue weighted by Crippen LogP contribution is 2.38. The Morgan fingerprint density at radius 1 is 1.18 bits per heavy atom. The number of ether oxygens (including phenoxy) is 1. The quantitative estimate of drug-likeness (QED) is 0.283. The first-order chi connectivity index (χ1) is 20.2. The van der Waals surface area contributed by atoms with Gasteiger partial charge in [0.2, 0.25) is 11.8 Å². The first kappa shape index (κ1) is 24.6. The van der Waals surface area contributed by atoms with E-state index >= 15 is 0 Å². The number of benzene rings is 1. The molecule has 1 aliphatic carbocycles. The first-order valence-electron chi connectivity index (χ1n) is 14.5. The Bertz CT molecular complexity index is 1500. The molecule has 40 heavy (non-hydrogen) atoms. The molecule has 4 rings (SSSR count). The Labute approximate surface area is 237 Å². The first-order valence-corrected chi connectivity index (χ1v) is 13.0. The number of methoxy groups -OCH3 is 1. The van der Waals surface area contributed by atoms with Gasteiger partial charge in [0, 0.05) is 53.4 Å². The molecule has 212 valence electrons. The minimum atomic E-state index is -2.75. The number of hydrogen-bond acceptors (Lipinski definition) is 8. The van der Waals surface area contributed by atoms with Crippen molar-refractivity contribution in [2.24, 2.45) is 11.3 Å². The maximum Gasteiger partial charge on any atom is 0.273 e. The van der Waals surface area contributed by atoms with Gasteiger partial charge in [0.1, 0.15) is 5.75 Å². The molecule has 3 aromatic rings. The number of carbonyl (C=O) groups excluding carboxylic acids is 3. The maximum atomic E-state index is 12.8. The lowest BCUT2D eigenvalue weighted by molar-refractivity contribution is -0.122. The van der Waals surface area contributed by atoms with Crippen LogP contribution in [0.15, 0.2) is 36.7 Å². The highest BCUT2D eigenvalue weighted by molar-refractivity contribution is 6.00. The lowest BCUT2D eigenvalue weighted by atomic mass is 9.92. The second kappa shape index (κ2) is 12.1. The summed E-state index contributed by atoms with van der Waals surface area (Å²) in [6.45, 7) is 4.16. The molecule has 1 aromatic carbocycles. The average molecular weight is 552 g/mol. The number of carbonyl (C=O) groups is 3. The molecular weight excluding hydrogens is 512 g/mol. The number of amides is 3. The monoisotopic (exact) mass is 551 g/mol. The van der Waals surface area contributed by atoms with E-state index in [1.54, 1.807) is 23.0 Å². The van der Waals surface area contributed by atoms with Crippen LogP contribution < -0.4 is 26.0 Å². The van der Waals surface area contributed by atoms with Gasteiger partial charge in [-0.05, 0) is 24.3 Å². The van der Waals surface area contributed by atoms with E-state index in [1.807, 2.05) is 38.4 Å². The molecule has 1 saturated carbocycles. The maximum absolute atomic E-state index is 12.8. The summed E-state index contributed by atoms with van der Waals surface area (Å²) in [5, 5.41) is 22.8. The number of anilines is 3. The lowest BCUT2D eigenvalue weighted by Gasteiger charge is -2.17. The van der Waals surface area contributed by atoms with Gasteiger partial charge in [-0.2, -0.15) is 5.10 Å². The van der Waals surface area contributed by atoms with Gasteiger partial charge in [-0.25, -0.2) is 0 Å². The third-order valence-corrected chi connectivity index (χ3v) is 6.11. The summed E-state index contributed by atoms with van der Waals surface area (Å²) in [6, 6.07) is 6.74. The lowest BCUT2D eigenvalue weighted by Crippen LogP contribution is -2.30. The van der Waals surface area contributed by atoms with Gasteiger partial charge in [-0.3, -0.25) is 19.1 Å². The molecule has 0 atom stereocenters. The Hall–Kier alpha value is -4.48. The summed E-state index contributed by atoms with van der Waals surface area (Å²) in [7, 11) is 1.49. The van der Waals surface area contributed by atoms with Crippen molar-refractivity contribution in [3.8, 4) is 16.9 Å². The van der Waals surface area contributed by atoms with E-state index in [4.69, 9.17) is 8.85 Å². The number of nitrogens with zero attached hydrogens (tertiary/aromatic N) is 4. The van der Waals surface area contributed by atoms with Crippen LogP contribution in [0.4, 0.5) is 17.2 Å². The van der Waals surface area contributed by atoms with Crippen LogP contribution in [0.3, 0.4) is 0 Å². The van der Waals surface area contributed by atoms with Crippen LogP contribution in [0.1, 0.15) is 54.6 Å². The zero-order valence-corrected chi connectivity index (χ0v) is 23.0. The highest BCUT2D eigenvalue weighted by atomic mass is 16.5. The van der Waals surface area contributed by atoms with Crippen molar-refractivity contribution in [1.29, 1.82) is 0 Å². The molecule has 0 spiro atoms. The molecule has 1 aliphatic rings. The highest BCUT2D eigenvalue weighted by Gasteiger charge is 2.30. The van der Waals surface area contributed by atoms with Crippen molar-refractivity contribution in [1.82, 2.24) is 30.6 Å². The SMILES string of the molecule is [2H]C([2H])([2H])NC(=O)c1nnc(NC(=O)C2CC2)cc1Nc1cccc(-c2cnn(CCNC(=O)CC(C)(C)C)c2)c1OC. The summed E-state index contributed by atoms with van der Waals surface area (Å²) in [5.41, 5.74) is 1.60. The Morgan fingerprint density at radius 3 is 2.67 bits per heavy atom. The predicted octanol–water partition coefficient (Wildman–Crippen LogP) is 3.35. The topological polar surface area (TPSA) is 152 Å². The van der Waals surface area contributed by atoms with E-state index in [1.165, 1.54) is 13.2 Å². The summed E-state index contributed by atoms with van der Waals surface area (Å²) >= 11 is 0. The molecule has 0 radical (unpaired) electrons. The largest absolute Gasteiger partial charge is 0.494 e. The third-order valence-electron chi connectivity index (χ3n) is 6.11. The zero-order chi connectivity index (χ0) is 31.4. The molecular formula is C28H36N8O4. The van der Waals surface area contributed by atoms with Crippen LogP contribution in [0.25, 0.3) is 11.1 Å². The molecule has 0 unspecified atom stereocenters. The van der Waals surface area contributed by atoms with Gasteiger partial charge < -0.3 is 26.0 Å². The smallest absolute Gasteiger partial charge is 0.273 e. The fraction of sp³-hybridized carbons (Fsp3) is 0.429. The van der Waals surface area contributed by atoms with E-state index < -0.39 is 12.9 Å². The van der Waals surface area contributed by atoms with Crippen LogP contribution in [0.5, 0.6) is 5.75 Å². The normalized spacial score (nSPS) is 14.3. The Morgan fingerprint density at radius 2 is 1.98 bits per heavy atom. The molecule has 0 saturated heterocycles. The molecule has 12 heteroatoms. The van der Waals surface area contributed by atoms with Gasteiger partial charge >= 0.3 is 0 Å². The molecule has 0 aliphatic heterocycles. The van der Waals surface area contributed by atoms with Crippen LogP contribution in [0.2, 0.25) is 0 Å². The molecule has 2 aromatic heterocycles. The van der Waals surface area contributed by atoms with Gasteiger partial charge in [0.15, 0.2) is 11.5 Å². The van der Waals surface area contributed by atoms with Crippen LogP contribution in [-0.4, -0.2) is 58.3 Å². The number of para-hydroxylation sites is 1. The zero-order valence-electron chi connectivity index (χ0n) is 26.0. The van der Waals surface area contributed by atoms with E-state index in [-0.39, 0.29) is 40.3 Å². The summed E-state index contributed by atoms with van der Waals surface area (Å²) in [6.07, 6.45) is 5.50.